The summed E-state index contributed by atoms with van der Waals surface area (Å²) < 4.78 is 5.75. The summed E-state index contributed by atoms with van der Waals surface area (Å²) >= 11 is 0. The average Bonchev–Trinajstić information content (AvgIpc) is 2.33. The van der Waals surface area contributed by atoms with Crippen LogP contribution in [0.4, 0.5) is 0 Å². The van der Waals surface area contributed by atoms with E-state index in [1.165, 1.54) is 0 Å². The number of hydrogen-bond acceptors (Lipinski definition) is 3. The van der Waals surface area contributed by atoms with Crippen molar-refractivity contribution in [2.45, 2.75) is 27.7 Å². The highest BCUT2D eigenvalue weighted by Gasteiger charge is 2.18. The summed E-state index contributed by atoms with van der Waals surface area (Å²) in [4.78, 5) is 15.6. The molecule has 2 aromatic rings. The second-order valence-corrected chi connectivity index (χ2v) is 4.87. The first kappa shape index (κ1) is 14.1. The predicted octanol–water partition coefficient (Wildman–Crippen LogP) is 3.81. The zero-order valence-electron chi connectivity index (χ0n) is 12.0. The summed E-state index contributed by atoms with van der Waals surface area (Å²) in [5.41, 5.74) is 3.54. The van der Waals surface area contributed by atoms with Crippen LogP contribution in [0.15, 0.2) is 24.3 Å². The lowest BCUT2D eigenvalue weighted by atomic mass is 10.1. The summed E-state index contributed by atoms with van der Waals surface area (Å²) in [5.74, 6) is -0.260. The number of carbonyl (C=O) groups is 1. The minimum atomic E-state index is -1.03. The third kappa shape index (κ3) is 2.64. The summed E-state index contributed by atoms with van der Waals surface area (Å²) in [6, 6.07) is 7.41. The molecule has 104 valence electrons. The Hall–Kier alpha value is -2.36. The van der Waals surface area contributed by atoms with Crippen LogP contribution >= 0.6 is 0 Å². The van der Waals surface area contributed by atoms with E-state index in [-0.39, 0.29) is 11.4 Å². The normalized spacial score (nSPS) is 10.4. The van der Waals surface area contributed by atoms with Crippen LogP contribution in [0.5, 0.6) is 11.6 Å². The molecule has 1 N–H and O–H groups in total. The third-order valence-corrected chi connectivity index (χ3v) is 3.29. The lowest BCUT2D eigenvalue weighted by Crippen LogP contribution is -2.06. The Morgan fingerprint density at radius 1 is 1.15 bits per heavy atom. The number of aromatic carboxylic acids is 1. The lowest BCUT2D eigenvalue weighted by Gasteiger charge is -2.13. The van der Waals surface area contributed by atoms with Crippen molar-refractivity contribution >= 4 is 5.97 Å². The van der Waals surface area contributed by atoms with E-state index in [0.717, 1.165) is 16.8 Å². The van der Waals surface area contributed by atoms with Gasteiger partial charge in [0, 0.05) is 5.69 Å². The highest BCUT2D eigenvalue weighted by molar-refractivity contribution is 5.92. The summed E-state index contributed by atoms with van der Waals surface area (Å²) in [6.07, 6.45) is 0. The van der Waals surface area contributed by atoms with Crippen LogP contribution in [0, 0.1) is 27.7 Å². The molecule has 0 radical (unpaired) electrons. The Labute approximate surface area is 118 Å². The van der Waals surface area contributed by atoms with Crippen molar-refractivity contribution in [1.82, 2.24) is 4.98 Å². The smallest absolute Gasteiger partial charge is 0.341 e. The highest BCUT2D eigenvalue weighted by atomic mass is 16.5. The summed E-state index contributed by atoms with van der Waals surface area (Å²) in [6.45, 7) is 7.48. The van der Waals surface area contributed by atoms with Gasteiger partial charge in [-0.05, 0) is 56.5 Å². The van der Waals surface area contributed by atoms with Gasteiger partial charge in [-0.2, -0.15) is 0 Å². The van der Waals surface area contributed by atoms with Crippen LogP contribution in [0.1, 0.15) is 32.7 Å². The standard InChI is InChI=1S/C16H17NO3/c1-9-6-5-7-13(12(9)4)20-15-14(16(18)19)10(2)8-11(3)17-15/h5-8H,1-4H3,(H,18,19). The number of carboxylic acid groups (broad SMARTS) is 1. The van der Waals surface area contributed by atoms with E-state index in [9.17, 15) is 9.90 Å². The van der Waals surface area contributed by atoms with E-state index in [4.69, 9.17) is 4.74 Å². The maximum absolute atomic E-state index is 11.4. The number of ether oxygens (including phenoxy) is 1. The SMILES string of the molecule is Cc1cc(C)c(C(=O)O)c(Oc2cccc(C)c2C)n1. The van der Waals surface area contributed by atoms with Gasteiger partial charge in [0.2, 0.25) is 5.88 Å². The van der Waals surface area contributed by atoms with Crippen molar-refractivity contribution in [2.24, 2.45) is 0 Å². The number of aryl methyl sites for hydroxylation is 3. The lowest BCUT2D eigenvalue weighted by molar-refractivity contribution is 0.0692. The molecule has 0 unspecified atom stereocenters. The fourth-order valence-electron chi connectivity index (χ4n) is 2.08. The Bertz CT molecular complexity index is 678. The van der Waals surface area contributed by atoms with Crippen molar-refractivity contribution in [3.63, 3.8) is 0 Å². The Morgan fingerprint density at radius 2 is 1.85 bits per heavy atom. The molecule has 2 rings (SSSR count). The zero-order valence-corrected chi connectivity index (χ0v) is 12.0. The first-order chi connectivity index (χ1) is 9.40. The second-order valence-electron chi connectivity index (χ2n) is 4.87. The Balaban J connectivity index is 2.53. The van der Waals surface area contributed by atoms with Crippen LogP contribution in [-0.4, -0.2) is 16.1 Å². The molecule has 0 atom stereocenters. The largest absolute Gasteiger partial charge is 0.477 e. The van der Waals surface area contributed by atoms with Crippen LogP contribution in [-0.2, 0) is 0 Å². The van der Waals surface area contributed by atoms with Crippen molar-refractivity contribution in [2.75, 3.05) is 0 Å². The molecule has 0 saturated carbocycles. The molecule has 0 aliphatic heterocycles. The quantitative estimate of drug-likeness (QED) is 0.922. The average molecular weight is 271 g/mol. The molecular weight excluding hydrogens is 254 g/mol. The minimum Gasteiger partial charge on any atom is -0.477 e. The van der Waals surface area contributed by atoms with Gasteiger partial charge in [0.15, 0.2) is 0 Å². The van der Waals surface area contributed by atoms with Gasteiger partial charge in [0.25, 0.3) is 0 Å². The Morgan fingerprint density at radius 3 is 2.50 bits per heavy atom. The number of carboxylic acids is 1. The molecule has 4 heteroatoms. The van der Waals surface area contributed by atoms with E-state index in [1.807, 2.05) is 39.0 Å². The molecule has 4 nitrogen and oxygen atoms in total. The third-order valence-electron chi connectivity index (χ3n) is 3.29. The van der Waals surface area contributed by atoms with Gasteiger partial charge in [0.1, 0.15) is 11.3 Å². The molecule has 20 heavy (non-hydrogen) atoms. The molecule has 1 heterocycles. The van der Waals surface area contributed by atoms with Gasteiger partial charge < -0.3 is 9.84 Å². The molecular formula is C16H17NO3. The van der Waals surface area contributed by atoms with Gasteiger partial charge >= 0.3 is 5.97 Å². The van der Waals surface area contributed by atoms with Gasteiger partial charge in [0.05, 0.1) is 0 Å². The fourth-order valence-corrected chi connectivity index (χ4v) is 2.08. The predicted molar refractivity (Wildman–Crippen MR) is 76.7 cm³/mol. The molecule has 0 spiro atoms. The molecule has 1 aromatic heterocycles. The van der Waals surface area contributed by atoms with Crippen molar-refractivity contribution in [1.29, 1.82) is 0 Å². The Kier molecular flexibility index (Phi) is 3.74. The van der Waals surface area contributed by atoms with Crippen LogP contribution in [0.3, 0.4) is 0 Å². The monoisotopic (exact) mass is 271 g/mol. The number of hydrogen-bond donors (Lipinski definition) is 1. The van der Waals surface area contributed by atoms with E-state index in [2.05, 4.69) is 4.98 Å². The molecule has 1 aromatic carbocycles. The fraction of sp³-hybridized carbons (Fsp3) is 0.250. The zero-order chi connectivity index (χ0) is 14.9. The maximum Gasteiger partial charge on any atom is 0.341 e. The summed E-state index contributed by atoms with van der Waals surface area (Å²) in [7, 11) is 0. The number of pyridine rings is 1. The first-order valence-electron chi connectivity index (χ1n) is 6.35. The topological polar surface area (TPSA) is 59.4 Å². The second kappa shape index (κ2) is 5.33. The van der Waals surface area contributed by atoms with Crippen molar-refractivity contribution < 1.29 is 14.6 Å². The van der Waals surface area contributed by atoms with E-state index >= 15 is 0 Å². The van der Waals surface area contributed by atoms with Crippen molar-refractivity contribution in [3.8, 4) is 11.6 Å². The van der Waals surface area contributed by atoms with Crippen LogP contribution in [0.25, 0.3) is 0 Å². The van der Waals surface area contributed by atoms with E-state index in [1.54, 1.807) is 13.0 Å². The molecule has 0 amide bonds. The molecule has 0 saturated heterocycles. The molecule has 0 fully saturated rings. The molecule has 0 bridgehead atoms. The van der Waals surface area contributed by atoms with E-state index < -0.39 is 5.97 Å². The van der Waals surface area contributed by atoms with Gasteiger partial charge in [-0.15, -0.1) is 0 Å². The number of aromatic nitrogens is 1. The van der Waals surface area contributed by atoms with Gasteiger partial charge in [-0.3, -0.25) is 0 Å². The number of benzene rings is 1. The highest BCUT2D eigenvalue weighted by Crippen LogP contribution is 2.29. The number of nitrogens with zero attached hydrogens (tertiary/aromatic N) is 1. The van der Waals surface area contributed by atoms with Gasteiger partial charge in [-0.25, -0.2) is 9.78 Å². The van der Waals surface area contributed by atoms with Crippen LogP contribution < -0.4 is 4.74 Å². The minimum absolute atomic E-state index is 0.108. The summed E-state index contributed by atoms with van der Waals surface area (Å²) in [5, 5.41) is 9.32. The van der Waals surface area contributed by atoms with Gasteiger partial charge in [-0.1, -0.05) is 12.1 Å². The van der Waals surface area contributed by atoms with Crippen molar-refractivity contribution in [3.05, 3.63) is 52.2 Å². The van der Waals surface area contributed by atoms with Crippen LogP contribution in [0.2, 0.25) is 0 Å². The number of rotatable bonds is 3. The molecule has 0 aliphatic rings. The molecule has 0 aliphatic carbocycles. The maximum atomic E-state index is 11.4. The first-order valence-corrected chi connectivity index (χ1v) is 6.35. The van der Waals surface area contributed by atoms with E-state index in [0.29, 0.717) is 11.3 Å².